The summed E-state index contributed by atoms with van der Waals surface area (Å²) in [5.74, 6) is -6.34. The number of carbonyl (C=O) groups is 11. The minimum Gasteiger partial charge on any atom is -0.445 e. The molecule has 0 aliphatic carbocycles. The number of methoxy groups -OCH3 is 2. The number of unbranched alkanes of at least 4 members (excludes halogenated alkanes) is 2. The van der Waals surface area contributed by atoms with Crippen LogP contribution in [0, 0.1) is 41.4 Å². The zero-order valence-electron chi connectivity index (χ0n) is 58.4. The van der Waals surface area contributed by atoms with Crippen molar-refractivity contribution < 1.29 is 72.1 Å². The van der Waals surface area contributed by atoms with E-state index in [1.165, 1.54) is 42.8 Å². The lowest BCUT2D eigenvalue weighted by Gasteiger charge is -2.37. The summed E-state index contributed by atoms with van der Waals surface area (Å²) in [6, 6.07) is 11.3. The number of likely N-dealkylation sites (tertiary alicyclic amines) is 2. The lowest BCUT2D eigenvalue weighted by Crippen LogP contribution is -2.54. The largest absolute Gasteiger partial charge is 0.445 e. The van der Waals surface area contributed by atoms with Crippen LogP contribution in [0.25, 0.3) is 0 Å². The summed E-state index contributed by atoms with van der Waals surface area (Å²) in [7, 11) is 4.49. The van der Waals surface area contributed by atoms with E-state index in [1.807, 2.05) is 45.9 Å². The van der Waals surface area contributed by atoms with Crippen LogP contribution >= 0.6 is 11.8 Å². The number of hydrogen-bond donors (Lipinski definition) is 7. The fourth-order valence-electron chi connectivity index (χ4n) is 12.7. The number of nitrogens with one attached hydrogen (secondary N) is 5. The molecular formula is C70H109N9O15S. The molecule has 4 rings (SSSR count). The number of primary amides is 1. The Morgan fingerprint density at radius 2 is 1.44 bits per heavy atom. The molecule has 13 atom stereocenters. The van der Waals surface area contributed by atoms with E-state index in [0.29, 0.717) is 74.8 Å². The average molecular weight is 1350 g/mol. The van der Waals surface area contributed by atoms with Crippen molar-refractivity contribution in [1.29, 1.82) is 0 Å². The monoisotopic (exact) mass is 1350 g/mol. The minimum absolute atomic E-state index is 0.0806. The topological polar surface area (TPSA) is 332 Å². The zero-order valence-corrected chi connectivity index (χ0v) is 59.3. The minimum atomic E-state index is -0.970. The second-order valence-electron chi connectivity index (χ2n) is 26.6. The molecule has 24 nitrogen and oxygen atoms in total. The van der Waals surface area contributed by atoms with Crippen LogP contribution in [0.5, 0.6) is 0 Å². The lowest BCUT2D eigenvalue weighted by atomic mass is 9.84. The van der Waals surface area contributed by atoms with E-state index >= 15 is 0 Å². The van der Waals surface area contributed by atoms with Crippen LogP contribution in [-0.4, -0.2) is 180 Å². The molecule has 530 valence electrons. The summed E-state index contributed by atoms with van der Waals surface area (Å²) in [5, 5.41) is 24.9. The molecule has 0 spiro atoms. The molecule has 2 aromatic rings. The number of aliphatic hydroxyl groups excluding tert-OH is 1. The van der Waals surface area contributed by atoms with Gasteiger partial charge in [-0.05, 0) is 98.6 Å². The summed E-state index contributed by atoms with van der Waals surface area (Å²) in [4.78, 5) is 152. The Kier molecular flexibility index (Phi) is 33.8. The third-order valence-corrected chi connectivity index (χ3v) is 19.5. The van der Waals surface area contributed by atoms with E-state index in [9.17, 15) is 57.8 Å². The Balaban J connectivity index is 1.35. The lowest BCUT2D eigenvalue weighted by molar-refractivity contribution is -0.143. The van der Waals surface area contributed by atoms with E-state index in [1.54, 1.807) is 89.1 Å². The van der Waals surface area contributed by atoms with Crippen molar-refractivity contribution in [2.45, 2.75) is 213 Å². The highest BCUT2D eigenvalue weighted by atomic mass is 32.2. The smallest absolute Gasteiger partial charge is 0.410 e. The molecule has 0 saturated carbocycles. The normalized spacial score (nSPS) is 18.4. The van der Waals surface area contributed by atoms with Crippen molar-refractivity contribution in [2.24, 2.45) is 47.2 Å². The van der Waals surface area contributed by atoms with Gasteiger partial charge in [0.1, 0.15) is 6.61 Å². The van der Waals surface area contributed by atoms with Crippen LogP contribution in [0.2, 0.25) is 0 Å². The van der Waals surface area contributed by atoms with Crippen LogP contribution < -0.4 is 32.3 Å². The number of nitrogens with two attached hydrogens (primary N) is 1. The summed E-state index contributed by atoms with van der Waals surface area (Å²) in [6.07, 6.45) is 2.55. The number of nitrogens with zero attached hydrogens (tertiary/aromatic N) is 3. The zero-order chi connectivity index (χ0) is 70.8. The first-order valence-electron chi connectivity index (χ1n) is 33.7. The van der Waals surface area contributed by atoms with Gasteiger partial charge in [-0.2, -0.15) is 11.8 Å². The van der Waals surface area contributed by atoms with Crippen LogP contribution in [-0.2, 0) is 64.0 Å². The van der Waals surface area contributed by atoms with Gasteiger partial charge in [-0.3, -0.25) is 48.1 Å². The third-order valence-electron chi connectivity index (χ3n) is 18.6. The number of ketones is 2. The molecule has 2 heterocycles. The highest BCUT2D eigenvalue weighted by Gasteiger charge is 2.43. The number of likely N-dealkylation sites (N-methyl/N-ethyl adjacent to an activating group) is 1. The summed E-state index contributed by atoms with van der Waals surface area (Å²) >= 11 is 1.35. The van der Waals surface area contributed by atoms with Gasteiger partial charge in [0.15, 0.2) is 11.6 Å². The Labute approximate surface area is 566 Å². The van der Waals surface area contributed by atoms with E-state index in [-0.39, 0.29) is 122 Å². The summed E-state index contributed by atoms with van der Waals surface area (Å²) in [5.41, 5.74) is 6.88. The first-order valence-corrected chi connectivity index (χ1v) is 35.0. The maximum atomic E-state index is 14.5. The van der Waals surface area contributed by atoms with Crippen LogP contribution in [0.15, 0.2) is 54.6 Å². The molecule has 25 heteroatoms. The van der Waals surface area contributed by atoms with E-state index < -0.39 is 90.2 Å². The Bertz CT molecular complexity index is 2860. The van der Waals surface area contributed by atoms with Gasteiger partial charge in [-0.1, -0.05) is 118 Å². The van der Waals surface area contributed by atoms with Gasteiger partial charge in [0, 0.05) is 84.1 Å². The molecule has 0 radical (unpaired) electrons. The number of amides is 10. The van der Waals surface area contributed by atoms with Crippen LogP contribution in [0.4, 0.5) is 15.3 Å². The van der Waals surface area contributed by atoms with Crippen molar-refractivity contribution in [1.82, 2.24) is 36.0 Å². The quantitative estimate of drug-likeness (QED) is 0.0250. The second kappa shape index (κ2) is 39.9. The number of aliphatic hydroxyl groups is 1. The number of carbonyl (C=O) groups excluding carboxylic acids is 11. The van der Waals surface area contributed by atoms with Gasteiger partial charge in [0.05, 0.1) is 66.1 Å². The average Bonchev–Trinajstić information content (AvgIpc) is 1.80. The van der Waals surface area contributed by atoms with Gasteiger partial charge >= 0.3 is 12.1 Å². The fourth-order valence-corrected chi connectivity index (χ4v) is 13.3. The molecule has 2 aliphatic rings. The van der Waals surface area contributed by atoms with Crippen molar-refractivity contribution in [3.63, 3.8) is 0 Å². The van der Waals surface area contributed by atoms with Gasteiger partial charge in [0.2, 0.25) is 41.4 Å². The first-order chi connectivity index (χ1) is 45.0. The molecule has 1 unspecified atom stereocenters. The van der Waals surface area contributed by atoms with Crippen molar-refractivity contribution >= 4 is 82.5 Å². The maximum Gasteiger partial charge on any atom is 0.410 e. The van der Waals surface area contributed by atoms with Gasteiger partial charge in [0.25, 0.3) is 0 Å². The van der Waals surface area contributed by atoms with Crippen molar-refractivity contribution in [3.8, 4) is 0 Å². The van der Waals surface area contributed by atoms with Gasteiger partial charge < -0.3 is 61.4 Å². The SMILES string of the molecule is CC[C@H](C)[C@H](NC(=O)[C@@H](CC(=O)[C@H](C(C)C)N(C)C(=O)OCc1ccc(NC(=O)[C@H](CCCNC(N)=O)CC(=O)[C@@H](NC(=O)CCCCCN2C(=O)CC(SC)C2=O)C(C)C)cc1)C(C)C)[C@@H](CC(=O)N1CCC[C@H]1[C@H](OC)[C@@H](C)C(=O)N[C@@H](C)[C@H](O)c1ccccc1)OC. The molecule has 2 aliphatic heterocycles. The Hall–Kier alpha value is -6.96. The predicted molar refractivity (Wildman–Crippen MR) is 364 cm³/mol. The van der Waals surface area contributed by atoms with E-state index in [0.717, 1.165) is 0 Å². The maximum absolute atomic E-state index is 14.5. The van der Waals surface area contributed by atoms with Crippen molar-refractivity contribution in [2.75, 3.05) is 52.5 Å². The van der Waals surface area contributed by atoms with Crippen LogP contribution in [0.3, 0.4) is 0 Å². The highest BCUT2D eigenvalue weighted by Crippen LogP contribution is 2.31. The predicted octanol–water partition coefficient (Wildman–Crippen LogP) is 7.48. The summed E-state index contributed by atoms with van der Waals surface area (Å²) in [6.45, 7) is 19.0. The molecule has 95 heavy (non-hydrogen) atoms. The molecule has 10 amide bonds. The number of rotatable bonds is 41. The number of ether oxygens (including phenoxy) is 3. The molecule has 8 N–H and O–H groups in total. The fraction of sp³-hybridized carbons (Fsp3) is 0.671. The number of urea groups is 1. The molecule has 2 fully saturated rings. The number of imide groups is 1. The number of benzene rings is 2. The number of anilines is 1. The third kappa shape index (κ3) is 24.3. The number of Topliss-reactive ketones (excluding diaryl/α,β-unsaturated/α-hetero) is 2. The second-order valence-corrected chi connectivity index (χ2v) is 27.7. The van der Waals surface area contributed by atoms with E-state index in [4.69, 9.17) is 19.9 Å². The molecule has 2 aromatic carbocycles. The highest BCUT2D eigenvalue weighted by molar-refractivity contribution is 8.00. The molecule has 0 bridgehead atoms. The standard InChI is InChI=1S/C70H109N9O15S/c1-15-44(8)61(55(92-12)38-58(83)78-35-23-27-52(78)64(93-13)45(9)65(86)73-46(10)63(85)48-24-18-16-19-25-48)76-67(88)51(41(2)3)37-54(81)62(43(6)7)77(11)70(91)94-40-47-29-31-50(32-30-47)74-66(87)49(26-22-33-72-69(71)90)36-53(80)60(42(4)5)75-57(82)28-20-17-21-34-79-59(84)39-56(95-14)68(79)89/h16,18-19,24-25,29-32,41-46,49,51-52,55-56,60-64,85H,15,17,20-23,26-28,33-40H2,1-14H3,(H,73,86)(H,74,87)(H,75,82)(H,76,88)(H3,71,72,90)/t44-,45+,46-,49+,51-,52-,55+,56?,60-,61-,62-,63-,64+/m0/s1. The molecular weight excluding hydrogens is 1240 g/mol. The van der Waals surface area contributed by atoms with Crippen molar-refractivity contribution in [3.05, 3.63) is 65.7 Å². The number of hydrogen-bond acceptors (Lipinski definition) is 16. The Morgan fingerprint density at radius 3 is 2.02 bits per heavy atom. The Morgan fingerprint density at radius 1 is 0.768 bits per heavy atom. The first kappa shape index (κ1) is 80.5. The number of thioether (sulfide) groups is 1. The van der Waals surface area contributed by atoms with Gasteiger partial charge in [-0.15, -0.1) is 0 Å². The van der Waals surface area contributed by atoms with E-state index in [2.05, 4.69) is 26.6 Å². The molecule has 2 saturated heterocycles. The summed E-state index contributed by atoms with van der Waals surface area (Å²) < 4.78 is 17.7. The van der Waals surface area contributed by atoms with Gasteiger partial charge in [-0.25, -0.2) is 9.59 Å². The molecule has 0 aromatic heterocycles. The van der Waals surface area contributed by atoms with Crippen LogP contribution in [0.1, 0.15) is 170 Å².